The van der Waals surface area contributed by atoms with Crippen molar-refractivity contribution in [3.05, 3.63) is 52.2 Å². The molecule has 1 fully saturated rings. The third-order valence-corrected chi connectivity index (χ3v) is 4.52. The van der Waals surface area contributed by atoms with Gasteiger partial charge in [0.1, 0.15) is 17.9 Å². The van der Waals surface area contributed by atoms with Crippen molar-refractivity contribution in [2.45, 2.75) is 18.3 Å². The van der Waals surface area contributed by atoms with Crippen LogP contribution in [-0.2, 0) is 6.18 Å². The highest BCUT2D eigenvalue weighted by Crippen LogP contribution is 2.32. The number of benzene rings is 1. The molecule has 0 bridgehead atoms. The van der Waals surface area contributed by atoms with E-state index in [0.29, 0.717) is 0 Å². The van der Waals surface area contributed by atoms with Crippen molar-refractivity contribution in [3.63, 3.8) is 0 Å². The highest BCUT2D eigenvalue weighted by atomic mass is 32.1. The first-order valence-corrected chi connectivity index (χ1v) is 8.57. The molecule has 138 valence electrons. The maximum atomic E-state index is 13.0. The average Bonchev–Trinajstić information content (AvgIpc) is 3.13. The van der Waals surface area contributed by atoms with Gasteiger partial charge in [-0.05, 0) is 35.0 Å². The van der Waals surface area contributed by atoms with Crippen LogP contribution in [0.5, 0.6) is 0 Å². The lowest BCUT2D eigenvalue weighted by molar-refractivity contribution is -0.137. The number of amidine groups is 1. The van der Waals surface area contributed by atoms with Crippen LogP contribution >= 0.6 is 11.3 Å². The number of halogens is 3. The summed E-state index contributed by atoms with van der Waals surface area (Å²) in [5, 5.41) is 23.6. The van der Waals surface area contributed by atoms with Crippen molar-refractivity contribution in [2.75, 3.05) is 4.90 Å². The maximum absolute atomic E-state index is 13.0. The lowest BCUT2D eigenvalue weighted by Gasteiger charge is -2.35. The lowest BCUT2D eigenvalue weighted by Crippen LogP contribution is -2.61. The number of alkyl halides is 3. The smallest absolute Gasteiger partial charge is 0.319 e. The van der Waals surface area contributed by atoms with Crippen LogP contribution in [0.1, 0.15) is 11.1 Å². The van der Waals surface area contributed by atoms with E-state index >= 15 is 0 Å². The minimum Gasteiger partial charge on any atom is -0.319 e. The number of anilines is 1. The Morgan fingerprint density at radius 2 is 2.15 bits per heavy atom. The van der Waals surface area contributed by atoms with Crippen molar-refractivity contribution in [3.8, 4) is 6.07 Å². The van der Waals surface area contributed by atoms with Gasteiger partial charge in [-0.25, -0.2) is 9.69 Å². The van der Waals surface area contributed by atoms with Crippen LogP contribution in [0.4, 0.5) is 23.7 Å². The number of amides is 2. The molecule has 1 aliphatic rings. The van der Waals surface area contributed by atoms with Crippen molar-refractivity contribution < 1.29 is 18.0 Å². The SMILES string of the molecule is N#CC1NC(=O)N(c2cccc(C(F)(F)F)c2)C(=N)C1N=Cc1ccsc1. The standard InChI is InChI=1S/C17H12F3N5OS/c18-17(19,20)11-2-1-3-12(6-11)25-15(22)14(13(7-21)24-16(25)26)23-8-10-4-5-27-9-10/h1-6,8-9,13-14,22H,(H,24,26). The molecule has 2 heterocycles. The molecule has 0 radical (unpaired) electrons. The minimum atomic E-state index is -4.59. The summed E-state index contributed by atoms with van der Waals surface area (Å²) in [4.78, 5) is 17.3. The first kappa shape index (κ1) is 18.6. The molecule has 27 heavy (non-hydrogen) atoms. The number of rotatable bonds is 3. The molecule has 6 nitrogen and oxygen atoms in total. The molecule has 2 aromatic rings. The van der Waals surface area contributed by atoms with E-state index in [0.717, 1.165) is 28.7 Å². The number of carbonyl (C=O) groups excluding carboxylic acids is 1. The van der Waals surface area contributed by atoms with Crippen LogP contribution in [0.3, 0.4) is 0 Å². The second-order valence-corrected chi connectivity index (χ2v) is 6.38. The van der Waals surface area contributed by atoms with Gasteiger partial charge < -0.3 is 5.32 Å². The third-order valence-electron chi connectivity index (χ3n) is 3.82. The second kappa shape index (κ2) is 7.20. The van der Waals surface area contributed by atoms with Gasteiger partial charge in [0.25, 0.3) is 0 Å². The fraction of sp³-hybridized carbons (Fsp3) is 0.176. The van der Waals surface area contributed by atoms with E-state index in [-0.39, 0.29) is 11.5 Å². The van der Waals surface area contributed by atoms with Crippen LogP contribution in [-0.4, -0.2) is 30.2 Å². The van der Waals surface area contributed by atoms with E-state index in [4.69, 9.17) is 5.41 Å². The van der Waals surface area contributed by atoms with Crippen LogP contribution in [0.2, 0.25) is 0 Å². The normalized spacial score (nSPS) is 20.6. The quantitative estimate of drug-likeness (QED) is 0.782. The summed E-state index contributed by atoms with van der Waals surface area (Å²) in [5.74, 6) is -0.379. The van der Waals surface area contributed by atoms with Crippen LogP contribution < -0.4 is 10.2 Å². The lowest BCUT2D eigenvalue weighted by atomic mass is 10.0. The third kappa shape index (κ3) is 3.83. The van der Waals surface area contributed by atoms with Gasteiger partial charge in [0, 0.05) is 11.8 Å². The molecule has 2 unspecified atom stereocenters. The number of aliphatic imine (C=N–C) groups is 1. The Labute approximate surface area is 156 Å². The first-order chi connectivity index (χ1) is 12.8. The van der Waals surface area contributed by atoms with Crippen molar-refractivity contribution in [1.29, 1.82) is 10.7 Å². The van der Waals surface area contributed by atoms with Crippen molar-refractivity contribution in [1.82, 2.24) is 5.32 Å². The van der Waals surface area contributed by atoms with E-state index in [1.807, 2.05) is 11.4 Å². The molecule has 3 rings (SSSR count). The predicted molar refractivity (Wildman–Crippen MR) is 95.3 cm³/mol. The largest absolute Gasteiger partial charge is 0.416 e. The van der Waals surface area contributed by atoms with Gasteiger partial charge in [0.05, 0.1) is 17.3 Å². The van der Waals surface area contributed by atoms with Gasteiger partial charge in [-0.2, -0.15) is 29.8 Å². The number of nitrogens with one attached hydrogen (secondary N) is 2. The maximum Gasteiger partial charge on any atom is 0.416 e. The molecule has 1 saturated heterocycles. The molecule has 0 aliphatic carbocycles. The van der Waals surface area contributed by atoms with Gasteiger partial charge in [0.2, 0.25) is 0 Å². The summed E-state index contributed by atoms with van der Waals surface area (Å²) >= 11 is 1.44. The van der Waals surface area contributed by atoms with Crippen LogP contribution in [0.15, 0.2) is 46.1 Å². The molecular formula is C17H12F3N5OS. The molecule has 2 atom stereocenters. The molecule has 0 saturated carbocycles. The van der Waals surface area contributed by atoms with E-state index in [9.17, 15) is 23.2 Å². The monoisotopic (exact) mass is 391 g/mol. The summed E-state index contributed by atoms with van der Waals surface area (Å²) in [5.41, 5.74) is -0.312. The number of carbonyl (C=O) groups is 1. The Morgan fingerprint density at radius 3 is 2.78 bits per heavy atom. The Bertz CT molecular complexity index is 933. The molecule has 2 amide bonds. The molecule has 10 heteroatoms. The molecular weight excluding hydrogens is 379 g/mol. The van der Waals surface area contributed by atoms with Gasteiger partial charge in [-0.3, -0.25) is 10.4 Å². The number of hydrogen-bond donors (Lipinski definition) is 2. The van der Waals surface area contributed by atoms with E-state index in [1.54, 1.807) is 11.4 Å². The Balaban J connectivity index is 1.95. The van der Waals surface area contributed by atoms with E-state index in [2.05, 4.69) is 10.3 Å². The second-order valence-electron chi connectivity index (χ2n) is 5.60. The zero-order valence-corrected chi connectivity index (χ0v) is 14.4. The summed E-state index contributed by atoms with van der Waals surface area (Å²) in [6, 6.07) is 4.73. The topological polar surface area (TPSA) is 92.3 Å². The summed E-state index contributed by atoms with van der Waals surface area (Å²) < 4.78 is 38.9. The highest BCUT2D eigenvalue weighted by molar-refractivity contribution is 7.08. The molecule has 0 spiro atoms. The predicted octanol–water partition coefficient (Wildman–Crippen LogP) is 3.65. The van der Waals surface area contributed by atoms with Crippen LogP contribution in [0, 0.1) is 16.7 Å². The average molecular weight is 391 g/mol. The van der Waals surface area contributed by atoms with Gasteiger partial charge in [0.15, 0.2) is 0 Å². The first-order valence-electron chi connectivity index (χ1n) is 7.62. The van der Waals surface area contributed by atoms with Crippen molar-refractivity contribution >= 4 is 35.1 Å². The molecule has 1 aromatic heterocycles. The molecule has 2 N–H and O–H groups in total. The summed E-state index contributed by atoms with van der Waals surface area (Å²) in [6.07, 6.45) is -3.13. The highest BCUT2D eigenvalue weighted by Gasteiger charge is 2.40. The Morgan fingerprint density at radius 1 is 1.37 bits per heavy atom. The summed E-state index contributed by atoms with van der Waals surface area (Å²) in [6.45, 7) is 0. The number of urea groups is 1. The Hall–Kier alpha value is -3.19. The number of thiophene rings is 1. The van der Waals surface area contributed by atoms with Crippen LogP contribution in [0.25, 0.3) is 0 Å². The number of hydrogen-bond acceptors (Lipinski definition) is 5. The van der Waals surface area contributed by atoms with E-state index < -0.39 is 29.9 Å². The Kier molecular flexibility index (Phi) is 4.96. The fourth-order valence-electron chi connectivity index (χ4n) is 2.53. The minimum absolute atomic E-state index is 0.126. The van der Waals surface area contributed by atoms with Gasteiger partial charge in [-0.15, -0.1) is 0 Å². The number of nitriles is 1. The van der Waals surface area contributed by atoms with Gasteiger partial charge >= 0.3 is 12.2 Å². The van der Waals surface area contributed by atoms with Gasteiger partial charge in [-0.1, -0.05) is 6.07 Å². The molecule has 1 aromatic carbocycles. The van der Waals surface area contributed by atoms with E-state index in [1.165, 1.54) is 23.6 Å². The fourth-order valence-corrected chi connectivity index (χ4v) is 3.14. The zero-order chi connectivity index (χ0) is 19.6. The zero-order valence-electron chi connectivity index (χ0n) is 13.6. The molecule has 1 aliphatic heterocycles. The van der Waals surface area contributed by atoms with Crippen molar-refractivity contribution in [2.24, 2.45) is 4.99 Å². The number of nitrogens with zero attached hydrogens (tertiary/aromatic N) is 3. The summed E-state index contributed by atoms with van der Waals surface area (Å²) in [7, 11) is 0.